The van der Waals surface area contributed by atoms with Crippen LogP contribution in [0.1, 0.15) is 5.69 Å². The lowest BCUT2D eigenvalue weighted by atomic mass is 10.3. The Kier molecular flexibility index (Phi) is 3.03. The van der Waals surface area contributed by atoms with Gasteiger partial charge in [-0.3, -0.25) is 0 Å². The lowest BCUT2D eigenvalue weighted by molar-refractivity contribution is 0.629. The largest absolute Gasteiger partial charge is 0.328 e. The van der Waals surface area contributed by atoms with E-state index in [0.717, 1.165) is 5.69 Å². The molecule has 16 heavy (non-hydrogen) atoms. The van der Waals surface area contributed by atoms with Crippen molar-refractivity contribution in [2.24, 2.45) is 0 Å². The van der Waals surface area contributed by atoms with Crippen molar-refractivity contribution < 1.29 is 4.39 Å². The molecule has 3 nitrogen and oxygen atoms in total. The van der Waals surface area contributed by atoms with Gasteiger partial charge in [-0.25, -0.2) is 9.37 Å². The van der Waals surface area contributed by atoms with Gasteiger partial charge in [-0.2, -0.15) is 0 Å². The van der Waals surface area contributed by atoms with E-state index in [-0.39, 0.29) is 10.0 Å². The first-order valence-electron chi connectivity index (χ1n) is 4.49. The first-order chi connectivity index (χ1) is 7.56. The van der Waals surface area contributed by atoms with E-state index in [9.17, 15) is 4.39 Å². The number of H-pyrrole nitrogens is 1. The summed E-state index contributed by atoms with van der Waals surface area (Å²) < 4.78 is 13.1. The van der Waals surface area contributed by atoms with E-state index in [4.69, 9.17) is 23.2 Å². The maximum atomic E-state index is 13.1. The van der Waals surface area contributed by atoms with Gasteiger partial charge in [0.15, 0.2) is 5.82 Å². The fourth-order valence-electron chi connectivity index (χ4n) is 1.24. The summed E-state index contributed by atoms with van der Waals surface area (Å²) in [6.07, 6.45) is 1.68. The summed E-state index contributed by atoms with van der Waals surface area (Å²) in [4.78, 5) is 7.02. The quantitative estimate of drug-likeness (QED) is 0.804. The van der Waals surface area contributed by atoms with Crippen LogP contribution in [-0.4, -0.2) is 9.97 Å². The average molecular weight is 260 g/mol. The maximum Gasteiger partial charge on any atom is 0.204 e. The van der Waals surface area contributed by atoms with Crippen LogP contribution in [0.3, 0.4) is 0 Å². The summed E-state index contributed by atoms with van der Waals surface area (Å²) in [5.41, 5.74) is 1.49. The van der Waals surface area contributed by atoms with Gasteiger partial charge in [0, 0.05) is 17.6 Å². The fourth-order valence-corrected chi connectivity index (χ4v) is 1.73. The topological polar surface area (TPSA) is 40.7 Å². The van der Waals surface area contributed by atoms with Gasteiger partial charge < -0.3 is 10.3 Å². The van der Waals surface area contributed by atoms with E-state index in [2.05, 4.69) is 15.3 Å². The third-order valence-electron chi connectivity index (χ3n) is 1.95. The molecule has 0 aliphatic heterocycles. The summed E-state index contributed by atoms with van der Waals surface area (Å²) in [5.74, 6) is -0.0687. The molecular weight excluding hydrogens is 252 g/mol. The number of hydrogen-bond donors (Lipinski definition) is 2. The molecular formula is C10H8Cl2FN3. The minimum atomic E-state index is -0.621. The average Bonchev–Trinajstić information content (AvgIpc) is 2.60. The van der Waals surface area contributed by atoms with Crippen molar-refractivity contribution in [3.05, 3.63) is 39.9 Å². The van der Waals surface area contributed by atoms with Gasteiger partial charge in [-0.05, 0) is 19.1 Å². The minimum Gasteiger partial charge on any atom is -0.328 e. The van der Waals surface area contributed by atoms with E-state index in [0.29, 0.717) is 11.6 Å². The molecule has 2 N–H and O–H groups in total. The number of nitrogens with zero attached hydrogens (tertiary/aromatic N) is 1. The Hall–Kier alpha value is -1.26. The lowest BCUT2D eigenvalue weighted by Crippen LogP contribution is -1.93. The molecule has 6 heteroatoms. The van der Waals surface area contributed by atoms with Gasteiger partial charge in [0.1, 0.15) is 0 Å². The Balaban J connectivity index is 2.28. The Morgan fingerprint density at radius 1 is 1.31 bits per heavy atom. The summed E-state index contributed by atoms with van der Waals surface area (Å²) in [7, 11) is 0. The molecule has 0 atom stereocenters. The first kappa shape index (κ1) is 11.2. The van der Waals surface area contributed by atoms with Crippen LogP contribution in [0.4, 0.5) is 16.0 Å². The zero-order chi connectivity index (χ0) is 11.7. The Labute approximate surface area is 102 Å². The standard InChI is InChI=1S/C10H8Cl2FN3/c1-5-4-14-10(15-5)16-6-2-7(11)9(13)8(12)3-6/h2-4H,1H3,(H2,14,15,16). The number of aromatic nitrogens is 2. The molecule has 1 heterocycles. The van der Waals surface area contributed by atoms with Crippen LogP contribution >= 0.6 is 23.2 Å². The van der Waals surface area contributed by atoms with E-state index in [1.165, 1.54) is 12.1 Å². The van der Waals surface area contributed by atoms with Crippen LogP contribution in [-0.2, 0) is 0 Å². The molecule has 1 aromatic carbocycles. The van der Waals surface area contributed by atoms with Crippen molar-refractivity contribution in [1.29, 1.82) is 0 Å². The molecule has 0 spiro atoms. The SMILES string of the molecule is Cc1cnc(Nc2cc(Cl)c(F)c(Cl)c2)[nH]1. The number of rotatable bonds is 2. The summed E-state index contributed by atoms with van der Waals surface area (Å²) in [6.45, 7) is 1.88. The molecule has 2 rings (SSSR count). The van der Waals surface area contributed by atoms with Gasteiger partial charge in [0.25, 0.3) is 0 Å². The molecule has 0 fully saturated rings. The summed E-state index contributed by atoms with van der Waals surface area (Å²) >= 11 is 11.3. The highest BCUT2D eigenvalue weighted by atomic mass is 35.5. The van der Waals surface area contributed by atoms with Crippen molar-refractivity contribution in [3.8, 4) is 0 Å². The Morgan fingerprint density at radius 3 is 2.44 bits per heavy atom. The monoisotopic (exact) mass is 259 g/mol. The molecule has 0 saturated carbocycles. The number of aromatic amines is 1. The van der Waals surface area contributed by atoms with E-state index < -0.39 is 5.82 Å². The number of imidazole rings is 1. The second-order valence-electron chi connectivity index (χ2n) is 3.29. The van der Waals surface area contributed by atoms with E-state index in [1.807, 2.05) is 6.92 Å². The van der Waals surface area contributed by atoms with E-state index in [1.54, 1.807) is 6.20 Å². The highest BCUT2D eigenvalue weighted by Crippen LogP contribution is 2.28. The van der Waals surface area contributed by atoms with Crippen LogP contribution in [0.15, 0.2) is 18.3 Å². The van der Waals surface area contributed by atoms with Gasteiger partial charge in [0.05, 0.1) is 10.0 Å². The van der Waals surface area contributed by atoms with Gasteiger partial charge in [-0.15, -0.1) is 0 Å². The zero-order valence-electron chi connectivity index (χ0n) is 8.31. The number of halogens is 3. The van der Waals surface area contributed by atoms with Crippen LogP contribution in [0.25, 0.3) is 0 Å². The maximum absolute atomic E-state index is 13.1. The number of anilines is 2. The van der Waals surface area contributed by atoms with Crippen molar-refractivity contribution >= 4 is 34.8 Å². The molecule has 1 aromatic heterocycles. The van der Waals surface area contributed by atoms with Gasteiger partial charge >= 0.3 is 0 Å². The molecule has 0 bridgehead atoms. The predicted molar refractivity (Wildman–Crippen MR) is 63.0 cm³/mol. The van der Waals surface area contributed by atoms with Gasteiger partial charge in [-0.1, -0.05) is 23.2 Å². The minimum absolute atomic E-state index is 0.0294. The zero-order valence-corrected chi connectivity index (χ0v) is 9.83. The van der Waals surface area contributed by atoms with Crippen LogP contribution < -0.4 is 5.32 Å². The molecule has 0 aliphatic rings. The number of hydrogen-bond acceptors (Lipinski definition) is 2. The van der Waals surface area contributed by atoms with Gasteiger partial charge in [0.2, 0.25) is 5.95 Å². The van der Waals surface area contributed by atoms with Crippen molar-refractivity contribution in [2.45, 2.75) is 6.92 Å². The smallest absolute Gasteiger partial charge is 0.204 e. The molecule has 84 valence electrons. The molecule has 0 radical (unpaired) electrons. The van der Waals surface area contributed by atoms with Crippen molar-refractivity contribution in [1.82, 2.24) is 9.97 Å². The molecule has 0 aliphatic carbocycles. The fraction of sp³-hybridized carbons (Fsp3) is 0.100. The molecule has 0 saturated heterocycles. The molecule has 0 unspecified atom stereocenters. The third kappa shape index (κ3) is 2.28. The molecule has 0 amide bonds. The summed E-state index contributed by atoms with van der Waals surface area (Å²) in [5, 5.41) is 2.87. The predicted octanol–water partition coefficient (Wildman–Crippen LogP) is 3.91. The highest BCUT2D eigenvalue weighted by molar-refractivity contribution is 6.35. The van der Waals surface area contributed by atoms with E-state index >= 15 is 0 Å². The van der Waals surface area contributed by atoms with Crippen LogP contribution in [0.2, 0.25) is 10.0 Å². The second-order valence-corrected chi connectivity index (χ2v) is 4.11. The summed E-state index contributed by atoms with van der Waals surface area (Å²) in [6, 6.07) is 2.89. The second kappa shape index (κ2) is 4.31. The van der Waals surface area contributed by atoms with Crippen molar-refractivity contribution in [3.63, 3.8) is 0 Å². The van der Waals surface area contributed by atoms with Crippen LogP contribution in [0.5, 0.6) is 0 Å². The Bertz CT molecular complexity index is 502. The Morgan fingerprint density at radius 2 is 1.94 bits per heavy atom. The normalized spacial score (nSPS) is 10.5. The number of nitrogens with one attached hydrogen (secondary N) is 2. The number of aryl methyl sites for hydroxylation is 1. The first-order valence-corrected chi connectivity index (χ1v) is 5.25. The molecule has 2 aromatic rings. The van der Waals surface area contributed by atoms with Crippen LogP contribution in [0, 0.1) is 12.7 Å². The number of benzene rings is 1. The highest BCUT2D eigenvalue weighted by Gasteiger charge is 2.08. The lowest BCUT2D eigenvalue weighted by Gasteiger charge is -2.05. The van der Waals surface area contributed by atoms with Crippen molar-refractivity contribution in [2.75, 3.05) is 5.32 Å². The third-order valence-corrected chi connectivity index (χ3v) is 2.50.